The summed E-state index contributed by atoms with van der Waals surface area (Å²) < 4.78 is 0. The van der Waals surface area contributed by atoms with Crippen molar-refractivity contribution in [2.45, 2.75) is 43.1 Å². The van der Waals surface area contributed by atoms with E-state index in [1.165, 1.54) is 12.8 Å². The SMILES string of the molecule is CNC1CCC(Sc2nccc(C)n2)C1C. The van der Waals surface area contributed by atoms with Crippen molar-refractivity contribution < 1.29 is 0 Å². The van der Waals surface area contributed by atoms with E-state index < -0.39 is 0 Å². The third-order valence-electron chi connectivity index (χ3n) is 3.38. The molecule has 0 bridgehead atoms. The number of aryl methyl sites for hydroxylation is 1. The lowest BCUT2D eigenvalue weighted by Gasteiger charge is -2.19. The molecular weight excluding hydrogens is 218 g/mol. The Morgan fingerprint density at radius 2 is 2.25 bits per heavy atom. The van der Waals surface area contributed by atoms with Crippen molar-refractivity contribution in [1.29, 1.82) is 0 Å². The first-order valence-electron chi connectivity index (χ1n) is 5.84. The van der Waals surface area contributed by atoms with Crippen molar-refractivity contribution in [2.24, 2.45) is 5.92 Å². The van der Waals surface area contributed by atoms with Crippen LogP contribution in [0.15, 0.2) is 17.4 Å². The lowest BCUT2D eigenvalue weighted by molar-refractivity contribution is 0.463. The van der Waals surface area contributed by atoms with Crippen molar-refractivity contribution in [3.8, 4) is 0 Å². The molecule has 1 heterocycles. The van der Waals surface area contributed by atoms with Gasteiger partial charge in [-0.3, -0.25) is 0 Å². The number of nitrogens with one attached hydrogen (secondary N) is 1. The molecule has 0 radical (unpaired) electrons. The molecule has 1 saturated carbocycles. The minimum absolute atomic E-state index is 0.652. The summed E-state index contributed by atoms with van der Waals surface area (Å²) in [6.45, 7) is 4.34. The lowest BCUT2D eigenvalue weighted by atomic mass is 10.1. The van der Waals surface area contributed by atoms with Gasteiger partial charge in [0, 0.05) is 23.2 Å². The summed E-state index contributed by atoms with van der Waals surface area (Å²) >= 11 is 1.83. The van der Waals surface area contributed by atoms with Gasteiger partial charge in [0.2, 0.25) is 0 Å². The van der Waals surface area contributed by atoms with Crippen molar-refractivity contribution in [3.05, 3.63) is 18.0 Å². The van der Waals surface area contributed by atoms with Crippen LogP contribution in [0.2, 0.25) is 0 Å². The summed E-state index contributed by atoms with van der Waals surface area (Å²) in [5.74, 6) is 0.694. The molecule has 16 heavy (non-hydrogen) atoms. The zero-order chi connectivity index (χ0) is 11.5. The monoisotopic (exact) mass is 237 g/mol. The highest BCUT2D eigenvalue weighted by atomic mass is 32.2. The van der Waals surface area contributed by atoms with Gasteiger partial charge in [-0.2, -0.15) is 0 Å². The topological polar surface area (TPSA) is 37.8 Å². The Labute approximate surface area is 101 Å². The molecule has 0 spiro atoms. The molecule has 0 saturated heterocycles. The highest BCUT2D eigenvalue weighted by Crippen LogP contribution is 2.37. The van der Waals surface area contributed by atoms with Gasteiger partial charge in [0.15, 0.2) is 5.16 Å². The Kier molecular flexibility index (Phi) is 3.82. The van der Waals surface area contributed by atoms with Crippen LogP contribution < -0.4 is 5.32 Å². The van der Waals surface area contributed by atoms with Crippen LogP contribution in [-0.4, -0.2) is 28.3 Å². The molecule has 1 fully saturated rings. The number of hydrogen-bond donors (Lipinski definition) is 1. The Bertz CT molecular complexity index is 356. The van der Waals surface area contributed by atoms with Gasteiger partial charge in [0.1, 0.15) is 0 Å². The molecule has 1 N–H and O–H groups in total. The summed E-state index contributed by atoms with van der Waals surface area (Å²) in [5.41, 5.74) is 1.05. The third kappa shape index (κ3) is 2.55. The van der Waals surface area contributed by atoms with Crippen molar-refractivity contribution in [1.82, 2.24) is 15.3 Å². The lowest BCUT2D eigenvalue weighted by Crippen LogP contribution is -2.30. The Morgan fingerprint density at radius 1 is 1.44 bits per heavy atom. The quantitative estimate of drug-likeness (QED) is 0.818. The zero-order valence-electron chi connectivity index (χ0n) is 10.1. The normalized spacial score (nSPS) is 29.6. The second kappa shape index (κ2) is 5.15. The maximum Gasteiger partial charge on any atom is 0.188 e. The third-order valence-corrected chi connectivity index (χ3v) is 4.76. The van der Waals surface area contributed by atoms with Gasteiger partial charge in [-0.1, -0.05) is 18.7 Å². The van der Waals surface area contributed by atoms with Crippen molar-refractivity contribution in [3.63, 3.8) is 0 Å². The summed E-state index contributed by atoms with van der Waals surface area (Å²) in [7, 11) is 2.05. The van der Waals surface area contributed by atoms with Gasteiger partial charge in [0.05, 0.1) is 0 Å². The summed E-state index contributed by atoms with van der Waals surface area (Å²) in [4.78, 5) is 8.77. The maximum absolute atomic E-state index is 4.45. The largest absolute Gasteiger partial charge is 0.317 e. The van der Waals surface area contributed by atoms with Gasteiger partial charge in [-0.25, -0.2) is 9.97 Å². The van der Waals surface area contributed by atoms with E-state index in [1.54, 1.807) is 0 Å². The second-order valence-corrected chi connectivity index (χ2v) is 5.67. The molecule has 1 aromatic rings. The maximum atomic E-state index is 4.45. The van der Waals surface area contributed by atoms with E-state index >= 15 is 0 Å². The van der Waals surface area contributed by atoms with E-state index in [-0.39, 0.29) is 0 Å². The van der Waals surface area contributed by atoms with Crippen LogP contribution in [0.1, 0.15) is 25.5 Å². The Hall–Kier alpha value is -0.610. The molecule has 88 valence electrons. The molecule has 0 aliphatic heterocycles. The second-order valence-electron chi connectivity index (χ2n) is 4.47. The van der Waals surface area contributed by atoms with E-state index in [0.29, 0.717) is 17.2 Å². The van der Waals surface area contributed by atoms with E-state index in [2.05, 4.69) is 29.3 Å². The van der Waals surface area contributed by atoms with Gasteiger partial charge < -0.3 is 5.32 Å². The summed E-state index contributed by atoms with van der Waals surface area (Å²) in [5, 5.41) is 4.96. The Morgan fingerprint density at radius 3 is 2.88 bits per heavy atom. The van der Waals surface area contributed by atoms with Crippen molar-refractivity contribution in [2.75, 3.05) is 7.05 Å². The first kappa shape index (κ1) is 11.9. The molecule has 1 aliphatic rings. The summed E-state index contributed by atoms with van der Waals surface area (Å²) in [6.07, 6.45) is 4.37. The molecular formula is C12H19N3S. The molecule has 1 aliphatic carbocycles. The average molecular weight is 237 g/mol. The number of aromatic nitrogens is 2. The fourth-order valence-electron chi connectivity index (χ4n) is 2.32. The van der Waals surface area contributed by atoms with Crippen LogP contribution >= 0.6 is 11.8 Å². The number of nitrogens with zero attached hydrogens (tertiary/aromatic N) is 2. The molecule has 3 nitrogen and oxygen atoms in total. The number of thioether (sulfide) groups is 1. The fraction of sp³-hybridized carbons (Fsp3) is 0.667. The smallest absolute Gasteiger partial charge is 0.188 e. The minimum Gasteiger partial charge on any atom is -0.317 e. The highest BCUT2D eigenvalue weighted by Gasteiger charge is 2.32. The molecule has 1 aromatic heterocycles. The number of hydrogen-bond acceptors (Lipinski definition) is 4. The highest BCUT2D eigenvalue weighted by molar-refractivity contribution is 7.99. The van der Waals surface area contributed by atoms with E-state index in [9.17, 15) is 0 Å². The van der Waals surface area contributed by atoms with Crippen LogP contribution in [0.3, 0.4) is 0 Å². The summed E-state index contributed by atoms with van der Waals surface area (Å²) in [6, 6.07) is 2.60. The molecule has 4 heteroatoms. The standard InChI is InChI=1S/C12H19N3S/c1-8-6-7-14-12(15-8)16-11-5-4-10(13-3)9(11)2/h6-7,9-11,13H,4-5H2,1-3H3. The molecule has 2 rings (SSSR count). The van der Waals surface area contributed by atoms with Crippen LogP contribution in [0.5, 0.6) is 0 Å². The van der Waals surface area contributed by atoms with E-state index in [0.717, 1.165) is 10.9 Å². The van der Waals surface area contributed by atoms with Crippen molar-refractivity contribution >= 4 is 11.8 Å². The van der Waals surface area contributed by atoms with E-state index in [4.69, 9.17) is 0 Å². The molecule has 0 amide bonds. The number of rotatable bonds is 3. The van der Waals surface area contributed by atoms with Gasteiger partial charge in [-0.05, 0) is 38.8 Å². The fourth-order valence-corrected chi connectivity index (χ4v) is 3.57. The molecule has 3 unspecified atom stereocenters. The predicted octanol–water partition coefficient (Wildman–Crippen LogP) is 2.26. The van der Waals surface area contributed by atoms with Crippen LogP contribution in [0.4, 0.5) is 0 Å². The average Bonchev–Trinajstić information content (AvgIpc) is 2.60. The Balaban J connectivity index is 2.00. The van der Waals surface area contributed by atoms with E-state index in [1.807, 2.05) is 30.9 Å². The predicted molar refractivity (Wildman–Crippen MR) is 67.7 cm³/mol. The van der Waals surface area contributed by atoms with Crippen LogP contribution in [-0.2, 0) is 0 Å². The minimum atomic E-state index is 0.652. The van der Waals surface area contributed by atoms with Crippen LogP contribution in [0, 0.1) is 12.8 Å². The van der Waals surface area contributed by atoms with Gasteiger partial charge in [0.25, 0.3) is 0 Å². The first-order chi connectivity index (χ1) is 7.70. The van der Waals surface area contributed by atoms with Gasteiger partial charge >= 0.3 is 0 Å². The first-order valence-corrected chi connectivity index (χ1v) is 6.72. The molecule has 0 aromatic carbocycles. The van der Waals surface area contributed by atoms with Crippen LogP contribution in [0.25, 0.3) is 0 Å². The zero-order valence-corrected chi connectivity index (χ0v) is 10.9. The molecule has 3 atom stereocenters. The van der Waals surface area contributed by atoms with Gasteiger partial charge in [-0.15, -0.1) is 0 Å².